The van der Waals surface area contributed by atoms with Gasteiger partial charge in [-0.3, -0.25) is 0 Å². The summed E-state index contributed by atoms with van der Waals surface area (Å²) in [6.45, 7) is -0.132. The number of hydrogen-bond donors (Lipinski definition) is 1. The van der Waals surface area contributed by atoms with Gasteiger partial charge in [0.15, 0.2) is 6.10 Å². The lowest BCUT2D eigenvalue weighted by Gasteiger charge is -2.30. The van der Waals surface area contributed by atoms with Crippen LogP contribution < -0.4 is 0 Å². The van der Waals surface area contributed by atoms with Gasteiger partial charge >= 0.3 is 5.97 Å². The van der Waals surface area contributed by atoms with Gasteiger partial charge in [0.1, 0.15) is 5.82 Å². The maximum Gasteiger partial charge on any atom is 0.334 e. The maximum absolute atomic E-state index is 13.4. The molecule has 1 aliphatic heterocycles. The molecule has 1 N–H and O–H groups in total. The average molecular weight is 382 g/mol. The molecule has 116 valence electrons. The van der Waals surface area contributed by atoms with Crippen molar-refractivity contribution in [3.63, 3.8) is 0 Å². The lowest BCUT2D eigenvalue weighted by Crippen LogP contribution is -2.48. The molecule has 1 aromatic rings. The first kappa shape index (κ1) is 16.3. The lowest BCUT2D eigenvalue weighted by atomic mass is 10.2. The van der Waals surface area contributed by atoms with Gasteiger partial charge in [-0.15, -0.1) is 0 Å². The topological polar surface area (TPSA) is 83.9 Å². The third kappa shape index (κ3) is 4.00. The highest BCUT2D eigenvalue weighted by Crippen LogP contribution is 2.20. The van der Waals surface area contributed by atoms with E-state index >= 15 is 0 Å². The first-order chi connectivity index (χ1) is 9.79. The number of sulfonamides is 1. The monoisotopic (exact) mass is 381 g/mol. The molecule has 0 spiro atoms. The van der Waals surface area contributed by atoms with Gasteiger partial charge in [-0.2, -0.15) is 4.31 Å². The second-order valence-electron chi connectivity index (χ2n) is 4.56. The molecule has 1 fully saturated rings. The van der Waals surface area contributed by atoms with Crippen LogP contribution in [0.2, 0.25) is 0 Å². The van der Waals surface area contributed by atoms with Crippen LogP contribution in [-0.2, 0) is 25.3 Å². The standard InChI is InChI=1S/C12H13BrFNO5S/c13-9-2-1-8(5-10(9)14)7-21(18,19)15-3-4-20-11(6-15)12(16)17/h1-2,5,11H,3-4,6-7H2,(H,16,17). The highest BCUT2D eigenvalue weighted by molar-refractivity contribution is 9.10. The number of carboxylic acids is 1. The fraction of sp³-hybridized carbons (Fsp3) is 0.417. The van der Waals surface area contributed by atoms with Crippen LogP contribution >= 0.6 is 15.9 Å². The largest absolute Gasteiger partial charge is 0.479 e. The van der Waals surface area contributed by atoms with Gasteiger partial charge < -0.3 is 9.84 Å². The lowest BCUT2D eigenvalue weighted by molar-refractivity contribution is -0.153. The molecule has 0 bridgehead atoms. The Hall–Kier alpha value is -1.03. The second-order valence-corrected chi connectivity index (χ2v) is 7.38. The summed E-state index contributed by atoms with van der Waals surface area (Å²) in [6, 6.07) is 4.07. The fourth-order valence-electron chi connectivity index (χ4n) is 1.96. The molecule has 2 rings (SSSR count). The SMILES string of the molecule is O=C(O)C1CN(S(=O)(=O)Cc2ccc(Br)c(F)c2)CCO1. The summed E-state index contributed by atoms with van der Waals surface area (Å²) >= 11 is 2.99. The van der Waals surface area contributed by atoms with Crippen molar-refractivity contribution in [1.82, 2.24) is 4.31 Å². The second kappa shape index (κ2) is 6.39. The Morgan fingerprint density at radius 3 is 2.86 bits per heavy atom. The summed E-state index contributed by atoms with van der Waals surface area (Å²) in [5.74, 6) is -2.14. The molecule has 1 atom stereocenters. The molecule has 1 aromatic carbocycles. The van der Waals surface area contributed by atoms with Crippen LogP contribution in [0.4, 0.5) is 4.39 Å². The Balaban J connectivity index is 2.14. The first-order valence-electron chi connectivity index (χ1n) is 6.06. The number of aliphatic carboxylic acids is 1. The zero-order chi connectivity index (χ0) is 15.6. The van der Waals surface area contributed by atoms with E-state index < -0.39 is 27.9 Å². The number of benzene rings is 1. The number of halogens is 2. The molecule has 1 unspecified atom stereocenters. The summed E-state index contributed by atoms with van der Waals surface area (Å²) in [4.78, 5) is 10.9. The van der Waals surface area contributed by atoms with Gasteiger partial charge in [-0.05, 0) is 33.6 Å². The fourth-order valence-corrected chi connectivity index (χ4v) is 3.70. The minimum absolute atomic E-state index is 0.0187. The summed E-state index contributed by atoms with van der Waals surface area (Å²) in [7, 11) is -3.72. The number of morpholine rings is 1. The van der Waals surface area contributed by atoms with E-state index in [2.05, 4.69) is 15.9 Å². The Bertz CT molecular complexity index is 651. The van der Waals surface area contributed by atoms with E-state index in [0.29, 0.717) is 5.56 Å². The molecule has 0 saturated carbocycles. The van der Waals surface area contributed by atoms with E-state index in [1.807, 2.05) is 0 Å². The van der Waals surface area contributed by atoms with Gasteiger partial charge in [-0.1, -0.05) is 6.07 Å². The zero-order valence-electron chi connectivity index (χ0n) is 10.8. The average Bonchev–Trinajstić information content (AvgIpc) is 2.43. The summed E-state index contributed by atoms with van der Waals surface area (Å²) < 4.78 is 44.2. The van der Waals surface area contributed by atoms with Crippen molar-refractivity contribution in [1.29, 1.82) is 0 Å². The predicted molar refractivity (Wildman–Crippen MR) is 75.7 cm³/mol. The Morgan fingerprint density at radius 2 is 2.24 bits per heavy atom. The highest BCUT2D eigenvalue weighted by Gasteiger charge is 2.33. The van der Waals surface area contributed by atoms with E-state index in [0.717, 1.165) is 10.4 Å². The van der Waals surface area contributed by atoms with Gasteiger partial charge in [-0.25, -0.2) is 17.6 Å². The van der Waals surface area contributed by atoms with Gasteiger partial charge in [0.2, 0.25) is 10.0 Å². The summed E-state index contributed by atoms with van der Waals surface area (Å²) in [5.41, 5.74) is 0.300. The Kier molecular flexibility index (Phi) is 4.97. The van der Waals surface area contributed by atoms with Crippen molar-refractivity contribution in [2.24, 2.45) is 0 Å². The van der Waals surface area contributed by atoms with Crippen LogP contribution in [-0.4, -0.2) is 49.6 Å². The van der Waals surface area contributed by atoms with E-state index in [-0.39, 0.29) is 29.9 Å². The zero-order valence-corrected chi connectivity index (χ0v) is 13.2. The minimum atomic E-state index is -3.72. The smallest absolute Gasteiger partial charge is 0.334 e. The predicted octanol–water partition coefficient (Wildman–Crippen LogP) is 1.20. The number of carboxylic acid groups (broad SMARTS) is 1. The van der Waals surface area contributed by atoms with Gasteiger partial charge in [0.05, 0.1) is 23.4 Å². The molecule has 1 saturated heterocycles. The molecule has 9 heteroatoms. The third-order valence-electron chi connectivity index (χ3n) is 3.03. The molecule has 0 aromatic heterocycles. The molecule has 0 radical (unpaired) electrons. The first-order valence-corrected chi connectivity index (χ1v) is 8.46. The van der Waals surface area contributed by atoms with Crippen molar-refractivity contribution in [2.45, 2.75) is 11.9 Å². The number of carbonyl (C=O) groups is 1. The number of ether oxygens (including phenoxy) is 1. The summed E-state index contributed by atoms with van der Waals surface area (Å²) in [5, 5.41) is 8.88. The minimum Gasteiger partial charge on any atom is -0.479 e. The van der Waals surface area contributed by atoms with E-state index in [4.69, 9.17) is 9.84 Å². The van der Waals surface area contributed by atoms with E-state index in [9.17, 15) is 17.6 Å². The number of hydrogen-bond acceptors (Lipinski definition) is 4. The van der Waals surface area contributed by atoms with Crippen LogP contribution in [0.1, 0.15) is 5.56 Å². The van der Waals surface area contributed by atoms with Crippen LogP contribution in [0, 0.1) is 5.82 Å². The normalized spacial score (nSPS) is 20.4. The Labute approximate surface area is 129 Å². The third-order valence-corrected chi connectivity index (χ3v) is 5.49. The molecular formula is C12H13BrFNO5S. The van der Waals surface area contributed by atoms with Crippen LogP contribution in [0.15, 0.2) is 22.7 Å². The van der Waals surface area contributed by atoms with Crippen molar-refractivity contribution < 1.29 is 27.4 Å². The van der Waals surface area contributed by atoms with Crippen molar-refractivity contribution in [2.75, 3.05) is 19.7 Å². The number of rotatable bonds is 4. The Morgan fingerprint density at radius 1 is 1.52 bits per heavy atom. The number of nitrogens with zero attached hydrogens (tertiary/aromatic N) is 1. The van der Waals surface area contributed by atoms with Gasteiger partial charge in [0.25, 0.3) is 0 Å². The van der Waals surface area contributed by atoms with Crippen molar-refractivity contribution in [3.05, 3.63) is 34.1 Å². The maximum atomic E-state index is 13.4. The van der Waals surface area contributed by atoms with E-state index in [1.165, 1.54) is 12.1 Å². The molecular weight excluding hydrogens is 369 g/mol. The molecule has 1 aliphatic rings. The molecule has 6 nitrogen and oxygen atoms in total. The van der Waals surface area contributed by atoms with Crippen LogP contribution in [0.25, 0.3) is 0 Å². The molecule has 0 amide bonds. The van der Waals surface area contributed by atoms with Crippen molar-refractivity contribution in [3.8, 4) is 0 Å². The van der Waals surface area contributed by atoms with E-state index in [1.54, 1.807) is 0 Å². The van der Waals surface area contributed by atoms with Crippen molar-refractivity contribution >= 4 is 31.9 Å². The molecule has 0 aliphatic carbocycles. The van der Waals surface area contributed by atoms with Crippen LogP contribution in [0.3, 0.4) is 0 Å². The van der Waals surface area contributed by atoms with Gasteiger partial charge in [0, 0.05) is 6.54 Å². The summed E-state index contributed by atoms with van der Waals surface area (Å²) in [6.07, 6.45) is -1.17. The highest BCUT2D eigenvalue weighted by atomic mass is 79.9. The quantitative estimate of drug-likeness (QED) is 0.846. The molecule has 1 heterocycles. The van der Waals surface area contributed by atoms with Crippen LogP contribution in [0.5, 0.6) is 0 Å². The molecule has 21 heavy (non-hydrogen) atoms.